The summed E-state index contributed by atoms with van der Waals surface area (Å²) in [5, 5.41) is 13.6. The van der Waals surface area contributed by atoms with Crippen molar-refractivity contribution in [3.8, 4) is 5.69 Å². The Labute approximate surface area is 167 Å². The number of benzene rings is 2. The molecular weight excluding hydrogens is 373 g/mol. The lowest BCUT2D eigenvalue weighted by Gasteiger charge is -2.17. The largest absolute Gasteiger partial charge is 0.330 e. The predicted octanol–water partition coefficient (Wildman–Crippen LogP) is 1.41. The van der Waals surface area contributed by atoms with Crippen molar-refractivity contribution in [1.82, 2.24) is 25.1 Å². The maximum atomic E-state index is 14.2. The maximum absolute atomic E-state index is 14.2. The first-order valence-electron chi connectivity index (χ1n) is 9.44. The monoisotopic (exact) mass is 395 g/mol. The Kier molecular flexibility index (Phi) is 5.59. The summed E-state index contributed by atoms with van der Waals surface area (Å²) in [7, 11) is 0. The Balaban J connectivity index is 1.42. The van der Waals surface area contributed by atoms with Crippen molar-refractivity contribution in [2.75, 3.05) is 31.5 Å². The van der Waals surface area contributed by atoms with E-state index in [-0.39, 0.29) is 30.0 Å². The van der Waals surface area contributed by atoms with E-state index in [4.69, 9.17) is 5.73 Å². The van der Waals surface area contributed by atoms with Crippen LogP contribution in [0.5, 0.6) is 0 Å². The lowest BCUT2D eigenvalue weighted by molar-refractivity contribution is -0.117. The lowest BCUT2D eigenvalue weighted by Crippen LogP contribution is -2.32. The van der Waals surface area contributed by atoms with Crippen LogP contribution >= 0.6 is 0 Å². The minimum absolute atomic E-state index is 0.0946. The number of aromatic nitrogens is 4. The fraction of sp³-hybridized carbons (Fsp3) is 0.300. The van der Waals surface area contributed by atoms with Crippen molar-refractivity contribution in [1.29, 1.82) is 0 Å². The molecule has 3 aromatic rings. The van der Waals surface area contributed by atoms with Gasteiger partial charge in [-0.05, 0) is 46.7 Å². The number of amides is 1. The highest BCUT2D eigenvalue weighted by Gasteiger charge is 2.33. The van der Waals surface area contributed by atoms with E-state index in [1.54, 1.807) is 0 Å². The topological polar surface area (TPSA) is 102 Å². The van der Waals surface area contributed by atoms with Crippen LogP contribution in [0.4, 0.5) is 10.1 Å². The number of anilines is 1. The number of hydrogen-bond acceptors (Lipinski definition) is 6. The molecule has 29 heavy (non-hydrogen) atoms. The van der Waals surface area contributed by atoms with E-state index in [0.717, 1.165) is 13.1 Å². The second-order valence-corrected chi connectivity index (χ2v) is 7.17. The van der Waals surface area contributed by atoms with Gasteiger partial charge in [0.2, 0.25) is 5.91 Å². The second-order valence-electron chi connectivity index (χ2n) is 7.17. The molecular formula is C20H22FN7O. The van der Waals surface area contributed by atoms with Crippen molar-refractivity contribution < 1.29 is 9.18 Å². The second kappa shape index (κ2) is 8.46. The highest BCUT2D eigenvalue weighted by molar-refractivity contribution is 5.92. The molecule has 1 amide bonds. The molecule has 2 aromatic carbocycles. The highest BCUT2D eigenvalue weighted by atomic mass is 19.1. The molecule has 0 spiro atoms. The van der Waals surface area contributed by atoms with Crippen LogP contribution in [0.15, 0.2) is 54.9 Å². The summed E-state index contributed by atoms with van der Waals surface area (Å²) in [6.45, 7) is 2.21. The molecule has 8 nitrogen and oxygen atoms in total. The number of rotatable bonds is 6. The normalized spacial score (nSPS) is 19.4. The van der Waals surface area contributed by atoms with Gasteiger partial charge in [-0.1, -0.05) is 30.3 Å². The molecule has 3 N–H and O–H groups in total. The van der Waals surface area contributed by atoms with Crippen LogP contribution in [-0.2, 0) is 4.79 Å². The van der Waals surface area contributed by atoms with Gasteiger partial charge in [0.15, 0.2) is 0 Å². The van der Waals surface area contributed by atoms with Gasteiger partial charge in [0, 0.05) is 19.0 Å². The molecule has 0 bridgehead atoms. The molecule has 0 saturated carbocycles. The summed E-state index contributed by atoms with van der Waals surface area (Å²) >= 11 is 0. The number of carbonyl (C=O) groups is 1. The minimum Gasteiger partial charge on any atom is -0.330 e. The molecule has 4 rings (SSSR count). The molecule has 1 fully saturated rings. The van der Waals surface area contributed by atoms with Crippen LogP contribution in [0.1, 0.15) is 11.5 Å². The van der Waals surface area contributed by atoms with Crippen LogP contribution in [0.25, 0.3) is 5.69 Å². The number of nitrogens with zero attached hydrogens (tertiary/aromatic N) is 5. The third-order valence-corrected chi connectivity index (χ3v) is 5.25. The van der Waals surface area contributed by atoms with Crippen LogP contribution in [-0.4, -0.2) is 57.2 Å². The SMILES string of the molecule is NC[C@@H]1CN(CC(=O)Nc2cc(-n3cnnn3)ccc2F)C[C@H]1c1ccccc1. The van der Waals surface area contributed by atoms with Crippen LogP contribution < -0.4 is 11.1 Å². The molecule has 1 aliphatic heterocycles. The summed E-state index contributed by atoms with van der Waals surface area (Å²) in [5.74, 6) is -0.222. The zero-order valence-electron chi connectivity index (χ0n) is 15.8. The summed E-state index contributed by atoms with van der Waals surface area (Å²) in [5.41, 5.74) is 7.84. The van der Waals surface area contributed by atoms with Gasteiger partial charge in [0.25, 0.3) is 0 Å². The van der Waals surface area contributed by atoms with Crippen molar-refractivity contribution in [2.24, 2.45) is 11.7 Å². The van der Waals surface area contributed by atoms with Crippen molar-refractivity contribution in [2.45, 2.75) is 5.92 Å². The van der Waals surface area contributed by atoms with Gasteiger partial charge in [0.05, 0.1) is 17.9 Å². The fourth-order valence-electron chi connectivity index (χ4n) is 3.83. The Bertz CT molecular complexity index is 964. The first-order valence-corrected chi connectivity index (χ1v) is 9.44. The van der Waals surface area contributed by atoms with Crippen LogP contribution in [0, 0.1) is 11.7 Å². The first-order chi connectivity index (χ1) is 14.1. The molecule has 0 radical (unpaired) electrons. The van der Waals surface area contributed by atoms with E-state index >= 15 is 0 Å². The molecule has 2 atom stereocenters. The van der Waals surface area contributed by atoms with Crippen LogP contribution in [0.3, 0.4) is 0 Å². The van der Waals surface area contributed by atoms with Crippen molar-refractivity contribution in [3.63, 3.8) is 0 Å². The summed E-state index contributed by atoms with van der Waals surface area (Å²) in [6, 6.07) is 14.5. The number of halogens is 1. The zero-order valence-corrected chi connectivity index (χ0v) is 15.8. The zero-order chi connectivity index (χ0) is 20.2. The standard InChI is InChI=1S/C20H22FN7O/c21-18-7-6-16(28-13-23-25-26-28)8-19(18)24-20(29)12-27-10-15(9-22)17(11-27)14-4-2-1-3-5-14/h1-8,13,15,17H,9-12,22H2,(H,24,29)/t15-,17+/m1/s1. The summed E-state index contributed by atoms with van der Waals surface area (Å²) in [6.07, 6.45) is 1.40. The van der Waals surface area contributed by atoms with Gasteiger partial charge in [-0.2, -0.15) is 0 Å². The molecule has 0 aliphatic carbocycles. The van der Waals surface area contributed by atoms with E-state index in [1.165, 1.54) is 34.8 Å². The van der Waals surface area contributed by atoms with Crippen LogP contribution in [0.2, 0.25) is 0 Å². The van der Waals surface area contributed by atoms with Crippen molar-refractivity contribution in [3.05, 3.63) is 66.2 Å². The molecule has 1 aromatic heterocycles. The fourth-order valence-corrected chi connectivity index (χ4v) is 3.83. The smallest absolute Gasteiger partial charge is 0.238 e. The molecule has 0 unspecified atom stereocenters. The van der Waals surface area contributed by atoms with E-state index in [1.807, 2.05) is 18.2 Å². The van der Waals surface area contributed by atoms with Gasteiger partial charge in [-0.15, -0.1) is 5.10 Å². The molecule has 150 valence electrons. The molecule has 9 heteroatoms. The van der Waals surface area contributed by atoms with Crippen molar-refractivity contribution >= 4 is 11.6 Å². The Morgan fingerprint density at radius 3 is 2.76 bits per heavy atom. The van der Waals surface area contributed by atoms with Gasteiger partial charge < -0.3 is 11.1 Å². The average Bonchev–Trinajstić information content (AvgIpc) is 3.40. The van der Waals surface area contributed by atoms with E-state index in [2.05, 4.69) is 37.9 Å². The highest BCUT2D eigenvalue weighted by Crippen LogP contribution is 2.31. The van der Waals surface area contributed by atoms with Gasteiger partial charge >= 0.3 is 0 Å². The minimum atomic E-state index is -0.515. The molecule has 1 saturated heterocycles. The Morgan fingerprint density at radius 2 is 2.03 bits per heavy atom. The van der Waals surface area contributed by atoms with Gasteiger partial charge in [-0.3, -0.25) is 9.69 Å². The Morgan fingerprint density at radius 1 is 1.21 bits per heavy atom. The molecule has 2 heterocycles. The predicted molar refractivity (Wildman–Crippen MR) is 106 cm³/mol. The van der Waals surface area contributed by atoms with Gasteiger partial charge in [0.1, 0.15) is 12.1 Å². The van der Waals surface area contributed by atoms with E-state index < -0.39 is 5.82 Å². The Hall–Kier alpha value is -3.17. The number of hydrogen-bond donors (Lipinski definition) is 2. The first kappa shape index (κ1) is 19.2. The lowest BCUT2D eigenvalue weighted by atomic mass is 9.89. The summed E-state index contributed by atoms with van der Waals surface area (Å²) in [4.78, 5) is 14.6. The average molecular weight is 395 g/mol. The number of carbonyl (C=O) groups excluding carboxylic acids is 1. The van der Waals surface area contributed by atoms with E-state index in [9.17, 15) is 9.18 Å². The number of tetrazole rings is 1. The number of nitrogens with one attached hydrogen (secondary N) is 1. The molecule has 1 aliphatic rings. The number of likely N-dealkylation sites (tertiary alicyclic amines) is 1. The van der Waals surface area contributed by atoms with E-state index in [0.29, 0.717) is 12.2 Å². The maximum Gasteiger partial charge on any atom is 0.238 e. The summed E-state index contributed by atoms with van der Waals surface area (Å²) < 4.78 is 15.6. The number of nitrogens with two attached hydrogens (primary N) is 1. The van der Waals surface area contributed by atoms with Gasteiger partial charge in [-0.25, -0.2) is 9.07 Å². The quantitative estimate of drug-likeness (QED) is 0.654. The third-order valence-electron chi connectivity index (χ3n) is 5.25. The third kappa shape index (κ3) is 4.30.